The SMILES string of the molecule is CC(C)N(CCO)C(=O)C1CCC2CCCCC2N1. The maximum Gasteiger partial charge on any atom is 0.240 e. The van der Waals surface area contributed by atoms with Crippen LogP contribution in [0.2, 0.25) is 0 Å². The summed E-state index contributed by atoms with van der Waals surface area (Å²) in [6.07, 6.45) is 7.32. The van der Waals surface area contributed by atoms with Gasteiger partial charge in [-0.1, -0.05) is 12.8 Å². The van der Waals surface area contributed by atoms with Crippen LogP contribution in [0.25, 0.3) is 0 Å². The van der Waals surface area contributed by atoms with Gasteiger partial charge in [-0.2, -0.15) is 0 Å². The van der Waals surface area contributed by atoms with Crippen LogP contribution in [0, 0.1) is 5.92 Å². The molecule has 1 aliphatic heterocycles. The number of hydrogen-bond donors (Lipinski definition) is 2. The Bertz CT molecular complexity index is 307. The van der Waals surface area contributed by atoms with Crippen LogP contribution in [0.3, 0.4) is 0 Å². The third kappa shape index (κ3) is 3.48. The van der Waals surface area contributed by atoms with Crippen LogP contribution in [0.5, 0.6) is 0 Å². The van der Waals surface area contributed by atoms with Gasteiger partial charge in [-0.25, -0.2) is 0 Å². The van der Waals surface area contributed by atoms with Crippen molar-refractivity contribution >= 4 is 5.91 Å². The second kappa shape index (κ2) is 6.71. The number of rotatable bonds is 4. The van der Waals surface area contributed by atoms with Crippen LogP contribution >= 0.6 is 0 Å². The van der Waals surface area contributed by atoms with Crippen molar-refractivity contribution in [2.75, 3.05) is 13.2 Å². The molecule has 4 nitrogen and oxygen atoms in total. The molecule has 1 saturated heterocycles. The summed E-state index contributed by atoms with van der Waals surface area (Å²) < 4.78 is 0. The number of piperidine rings is 1. The molecule has 1 heterocycles. The molecule has 19 heavy (non-hydrogen) atoms. The zero-order valence-corrected chi connectivity index (χ0v) is 12.3. The summed E-state index contributed by atoms with van der Waals surface area (Å²) in [4.78, 5) is 14.4. The van der Waals surface area contributed by atoms with E-state index in [0.717, 1.165) is 12.3 Å². The number of nitrogens with one attached hydrogen (secondary N) is 1. The number of aliphatic hydroxyl groups is 1. The standard InChI is InChI=1S/C15H28N2O2/c1-11(2)17(9-10-18)15(19)14-8-7-12-5-3-4-6-13(12)16-14/h11-14,16,18H,3-10H2,1-2H3. The van der Waals surface area contributed by atoms with Gasteiger partial charge >= 0.3 is 0 Å². The summed E-state index contributed by atoms with van der Waals surface area (Å²) >= 11 is 0. The Hall–Kier alpha value is -0.610. The molecule has 0 bridgehead atoms. The number of aliphatic hydroxyl groups excluding tert-OH is 1. The molecule has 0 spiro atoms. The topological polar surface area (TPSA) is 52.6 Å². The lowest BCUT2D eigenvalue weighted by atomic mass is 9.77. The van der Waals surface area contributed by atoms with E-state index < -0.39 is 0 Å². The van der Waals surface area contributed by atoms with Crippen LogP contribution in [0.1, 0.15) is 52.4 Å². The van der Waals surface area contributed by atoms with Crippen LogP contribution in [0.4, 0.5) is 0 Å². The van der Waals surface area contributed by atoms with Crippen molar-refractivity contribution in [2.45, 2.75) is 70.5 Å². The van der Waals surface area contributed by atoms with Crippen molar-refractivity contribution in [3.05, 3.63) is 0 Å². The monoisotopic (exact) mass is 268 g/mol. The summed E-state index contributed by atoms with van der Waals surface area (Å²) in [6.45, 7) is 4.52. The first-order valence-electron chi connectivity index (χ1n) is 7.81. The zero-order chi connectivity index (χ0) is 13.8. The molecule has 0 aromatic rings. The van der Waals surface area contributed by atoms with Gasteiger partial charge in [0.2, 0.25) is 5.91 Å². The van der Waals surface area contributed by atoms with Crippen molar-refractivity contribution < 1.29 is 9.90 Å². The van der Waals surface area contributed by atoms with E-state index in [0.29, 0.717) is 12.6 Å². The lowest BCUT2D eigenvalue weighted by Gasteiger charge is -2.41. The molecule has 2 N–H and O–H groups in total. The Morgan fingerprint density at radius 1 is 1.26 bits per heavy atom. The molecule has 2 rings (SSSR count). The van der Waals surface area contributed by atoms with Crippen LogP contribution in [-0.2, 0) is 4.79 Å². The minimum absolute atomic E-state index is 0.0340. The molecule has 0 aromatic heterocycles. The first-order chi connectivity index (χ1) is 9.13. The van der Waals surface area contributed by atoms with Crippen molar-refractivity contribution in [1.82, 2.24) is 10.2 Å². The smallest absolute Gasteiger partial charge is 0.240 e. The third-order valence-corrected chi connectivity index (χ3v) is 4.70. The maximum absolute atomic E-state index is 12.6. The highest BCUT2D eigenvalue weighted by atomic mass is 16.3. The van der Waals surface area contributed by atoms with E-state index >= 15 is 0 Å². The molecule has 0 radical (unpaired) electrons. The van der Waals surface area contributed by atoms with Crippen molar-refractivity contribution in [2.24, 2.45) is 5.92 Å². The van der Waals surface area contributed by atoms with Crippen LogP contribution in [-0.4, -0.2) is 47.2 Å². The quantitative estimate of drug-likeness (QED) is 0.813. The van der Waals surface area contributed by atoms with E-state index in [2.05, 4.69) is 5.32 Å². The molecule has 4 heteroatoms. The van der Waals surface area contributed by atoms with Gasteiger partial charge < -0.3 is 15.3 Å². The van der Waals surface area contributed by atoms with E-state index in [1.807, 2.05) is 13.8 Å². The van der Waals surface area contributed by atoms with Gasteiger partial charge in [0.05, 0.1) is 12.6 Å². The molecule has 110 valence electrons. The highest BCUT2D eigenvalue weighted by molar-refractivity contribution is 5.82. The molecule has 1 amide bonds. The van der Waals surface area contributed by atoms with Crippen LogP contribution < -0.4 is 5.32 Å². The van der Waals surface area contributed by atoms with Gasteiger partial charge in [-0.05, 0) is 45.4 Å². The molecule has 2 aliphatic rings. The lowest BCUT2D eigenvalue weighted by Crippen LogP contribution is -2.57. The summed E-state index contributed by atoms with van der Waals surface area (Å²) in [5.41, 5.74) is 0. The van der Waals surface area contributed by atoms with E-state index in [9.17, 15) is 4.79 Å². The predicted octanol–water partition coefficient (Wildman–Crippen LogP) is 1.53. The third-order valence-electron chi connectivity index (χ3n) is 4.70. The Kier molecular flexibility index (Phi) is 5.22. The van der Waals surface area contributed by atoms with Gasteiger partial charge in [0.15, 0.2) is 0 Å². The Balaban J connectivity index is 1.95. The zero-order valence-electron chi connectivity index (χ0n) is 12.3. The largest absolute Gasteiger partial charge is 0.395 e. The molecule has 3 unspecified atom stereocenters. The fraction of sp³-hybridized carbons (Fsp3) is 0.933. The summed E-state index contributed by atoms with van der Waals surface area (Å²) in [5, 5.41) is 12.7. The van der Waals surface area contributed by atoms with Gasteiger partial charge in [-0.15, -0.1) is 0 Å². The lowest BCUT2D eigenvalue weighted by molar-refractivity contribution is -0.137. The van der Waals surface area contributed by atoms with E-state index in [-0.39, 0.29) is 24.6 Å². The first kappa shape index (κ1) is 14.8. The summed E-state index contributed by atoms with van der Waals surface area (Å²) in [5.74, 6) is 0.955. The number of carbonyl (C=O) groups is 1. The molecular formula is C15H28N2O2. The molecule has 1 saturated carbocycles. The number of nitrogens with zero attached hydrogens (tertiary/aromatic N) is 1. The van der Waals surface area contributed by atoms with Gasteiger partial charge in [-0.3, -0.25) is 4.79 Å². The molecule has 3 atom stereocenters. The summed E-state index contributed by atoms with van der Waals surface area (Å²) in [6, 6.07) is 0.665. The minimum Gasteiger partial charge on any atom is -0.395 e. The molecule has 2 fully saturated rings. The normalized spacial score (nSPS) is 31.1. The van der Waals surface area contributed by atoms with E-state index in [4.69, 9.17) is 5.11 Å². The first-order valence-corrected chi connectivity index (χ1v) is 7.81. The average molecular weight is 268 g/mol. The number of carbonyl (C=O) groups excluding carboxylic acids is 1. The second-order valence-electron chi connectivity index (χ2n) is 6.30. The maximum atomic E-state index is 12.6. The number of amides is 1. The molecular weight excluding hydrogens is 240 g/mol. The molecule has 0 aromatic carbocycles. The van der Waals surface area contributed by atoms with Crippen molar-refractivity contribution in [3.63, 3.8) is 0 Å². The van der Waals surface area contributed by atoms with Gasteiger partial charge in [0.25, 0.3) is 0 Å². The Labute approximate surface area is 116 Å². The molecule has 1 aliphatic carbocycles. The fourth-order valence-electron chi connectivity index (χ4n) is 3.62. The highest BCUT2D eigenvalue weighted by Crippen LogP contribution is 2.32. The minimum atomic E-state index is -0.0340. The van der Waals surface area contributed by atoms with E-state index in [1.165, 1.54) is 32.1 Å². The van der Waals surface area contributed by atoms with Crippen molar-refractivity contribution in [3.8, 4) is 0 Å². The summed E-state index contributed by atoms with van der Waals surface area (Å²) in [7, 11) is 0. The van der Waals surface area contributed by atoms with Gasteiger partial charge in [0, 0.05) is 18.6 Å². The fourth-order valence-corrected chi connectivity index (χ4v) is 3.62. The predicted molar refractivity (Wildman–Crippen MR) is 75.8 cm³/mol. The highest BCUT2D eigenvalue weighted by Gasteiger charge is 2.36. The number of hydrogen-bond acceptors (Lipinski definition) is 3. The van der Waals surface area contributed by atoms with Gasteiger partial charge in [0.1, 0.15) is 0 Å². The Morgan fingerprint density at radius 2 is 2.00 bits per heavy atom. The second-order valence-corrected chi connectivity index (χ2v) is 6.30. The van der Waals surface area contributed by atoms with E-state index in [1.54, 1.807) is 4.90 Å². The number of fused-ring (bicyclic) bond motifs is 1. The Morgan fingerprint density at radius 3 is 2.68 bits per heavy atom. The average Bonchev–Trinajstić information content (AvgIpc) is 2.43. The van der Waals surface area contributed by atoms with Crippen LogP contribution in [0.15, 0.2) is 0 Å². The van der Waals surface area contributed by atoms with Crippen molar-refractivity contribution in [1.29, 1.82) is 0 Å².